The number of nitrogens with one attached hydrogen (secondary N) is 1. The minimum absolute atomic E-state index is 0.448. The maximum Gasteiger partial charge on any atom is 0.265 e. The lowest BCUT2D eigenvalue weighted by atomic mass is 10.00. The number of carbonyl (C=O) groups is 1. The molecule has 22 heavy (non-hydrogen) atoms. The van der Waals surface area contributed by atoms with Crippen LogP contribution in [0.3, 0.4) is 0 Å². The van der Waals surface area contributed by atoms with Crippen LogP contribution in [-0.2, 0) is 0 Å². The van der Waals surface area contributed by atoms with Crippen molar-refractivity contribution in [3.63, 3.8) is 0 Å². The maximum absolute atomic E-state index is 11.8. The van der Waals surface area contributed by atoms with E-state index < -0.39 is 5.91 Å². The average Bonchev–Trinajstić information content (AvgIpc) is 2.87. The number of carbonyl (C=O) groups excluding carboxylic acids is 1. The van der Waals surface area contributed by atoms with Crippen LogP contribution in [0.15, 0.2) is 36.4 Å². The van der Waals surface area contributed by atoms with Gasteiger partial charge in [0.05, 0.1) is 11.0 Å². The molecule has 108 valence electrons. The standard InChI is InChI=1S/C18H15N3O/c1-9-10(2)20-17(18(19)22)14-7-13-11-5-3-4-6-15(11)21-16(13)8-12(9)14/h3-8,20H,1-2H3,(H2,19,22). The number of fused-ring (bicyclic) bond motifs is 4. The third-order valence-corrected chi connectivity index (χ3v) is 4.37. The molecule has 0 radical (unpaired) electrons. The predicted octanol–water partition coefficient (Wildman–Crippen LogP) is 3.59. The van der Waals surface area contributed by atoms with E-state index >= 15 is 0 Å². The summed E-state index contributed by atoms with van der Waals surface area (Å²) in [5.74, 6) is -0.448. The minimum atomic E-state index is -0.448. The second-order valence-corrected chi connectivity index (χ2v) is 5.66. The largest absolute Gasteiger partial charge is 0.364 e. The highest BCUT2D eigenvalue weighted by Crippen LogP contribution is 2.32. The molecule has 2 heterocycles. The van der Waals surface area contributed by atoms with Crippen LogP contribution in [0.5, 0.6) is 0 Å². The number of nitrogens with two attached hydrogens (primary N) is 1. The van der Waals surface area contributed by atoms with Crippen LogP contribution in [0.2, 0.25) is 0 Å². The van der Waals surface area contributed by atoms with Gasteiger partial charge in [0.1, 0.15) is 5.69 Å². The SMILES string of the molecule is Cc1[nH]c(C(N)=O)c2cc3c(cc2c1C)nc1ccccc13. The normalized spacial score (nSPS) is 11.5. The molecule has 4 aromatic rings. The predicted molar refractivity (Wildman–Crippen MR) is 89.1 cm³/mol. The number of hydrogen-bond acceptors (Lipinski definition) is 2. The lowest BCUT2D eigenvalue weighted by molar-refractivity contribution is 0.0997. The first kappa shape index (κ1) is 12.8. The number of rotatable bonds is 1. The third kappa shape index (κ3) is 1.64. The van der Waals surface area contributed by atoms with E-state index in [1.165, 1.54) is 0 Å². The smallest absolute Gasteiger partial charge is 0.265 e. The fraction of sp³-hybridized carbons (Fsp3) is 0.111. The molecule has 0 aliphatic carbocycles. The van der Waals surface area contributed by atoms with Crippen molar-refractivity contribution in [3.05, 3.63) is 53.3 Å². The Morgan fingerprint density at radius 2 is 1.77 bits per heavy atom. The zero-order valence-corrected chi connectivity index (χ0v) is 12.4. The Hall–Kier alpha value is -2.88. The number of aromatic nitrogens is 2. The molecule has 0 atom stereocenters. The monoisotopic (exact) mass is 289 g/mol. The fourth-order valence-electron chi connectivity index (χ4n) is 3.09. The number of aromatic amines is 1. The second-order valence-electron chi connectivity index (χ2n) is 5.66. The molecule has 0 aliphatic rings. The van der Waals surface area contributed by atoms with Crippen molar-refractivity contribution >= 4 is 38.5 Å². The lowest BCUT2D eigenvalue weighted by Gasteiger charge is -2.11. The second kappa shape index (κ2) is 4.31. The molecule has 3 N–H and O–H groups in total. The van der Waals surface area contributed by atoms with Gasteiger partial charge in [-0.05, 0) is 43.0 Å². The Morgan fingerprint density at radius 1 is 1.00 bits per heavy atom. The molecule has 0 fully saturated rings. The van der Waals surface area contributed by atoms with Crippen LogP contribution in [0.4, 0.5) is 0 Å². The molecule has 1 amide bonds. The zero-order chi connectivity index (χ0) is 15.4. The summed E-state index contributed by atoms with van der Waals surface area (Å²) in [5.41, 5.74) is 9.95. The third-order valence-electron chi connectivity index (χ3n) is 4.37. The molecule has 4 heteroatoms. The first-order valence-corrected chi connectivity index (χ1v) is 7.17. The highest BCUT2D eigenvalue weighted by atomic mass is 16.1. The van der Waals surface area contributed by atoms with Gasteiger partial charge in [0.15, 0.2) is 0 Å². The van der Waals surface area contributed by atoms with Crippen molar-refractivity contribution in [1.29, 1.82) is 0 Å². The van der Waals surface area contributed by atoms with Crippen molar-refractivity contribution in [1.82, 2.24) is 9.97 Å². The van der Waals surface area contributed by atoms with Gasteiger partial charge in [0.25, 0.3) is 5.91 Å². The van der Waals surface area contributed by atoms with Gasteiger partial charge < -0.3 is 10.7 Å². The molecule has 4 rings (SSSR count). The van der Waals surface area contributed by atoms with Gasteiger partial charge in [-0.3, -0.25) is 4.79 Å². The van der Waals surface area contributed by atoms with E-state index in [0.717, 1.165) is 43.8 Å². The van der Waals surface area contributed by atoms with Crippen LogP contribution in [0.1, 0.15) is 21.7 Å². The van der Waals surface area contributed by atoms with Gasteiger partial charge in [-0.1, -0.05) is 18.2 Å². The van der Waals surface area contributed by atoms with E-state index in [1.807, 2.05) is 50.2 Å². The fourth-order valence-corrected chi connectivity index (χ4v) is 3.09. The van der Waals surface area contributed by atoms with Gasteiger partial charge in [-0.15, -0.1) is 0 Å². The molecule has 0 saturated carbocycles. The van der Waals surface area contributed by atoms with Crippen LogP contribution in [-0.4, -0.2) is 15.9 Å². The Kier molecular flexibility index (Phi) is 2.51. The minimum Gasteiger partial charge on any atom is -0.364 e. The number of amides is 1. The van der Waals surface area contributed by atoms with Gasteiger partial charge in [0.2, 0.25) is 0 Å². The molecule has 0 aliphatic heterocycles. The van der Waals surface area contributed by atoms with Gasteiger partial charge >= 0.3 is 0 Å². The summed E-state index contributed by atoms with van der Waals surface area (Å²) in [4.78, 5) is 19.6. The van der Waals surface area contributed by atoms with Crippen molar-refractivity contribution in [2.45, 2.75) is 13.8 Å². The van der Waals surface area contributed by atoms with Crippen molar-refractivity contribution in [3.8, 4) is 0 Å². The Labute approximate surface area is 127 Å². The number of pyridine rings is 1. The maximum atomic E-state index is 11.8. The first-order chi connectivity index (χ1) is 10.6. The van der Waals surface area contributed by atoms with Gasteiger partial charge in [-0.2, -0.15) is 0 Å². The molecular weight excluding hydrogens is 274 g/mol. The molecular formula is C18H15N3O. The summed E-state index contributed by atoms with van der Waals surface area (Å²) in [6, 6.07) is 12.1. The van der Waals surface area contributed by atoms with Gasteiger partial charge in [-0.25, -0.2) is 4.98 Å². The number of H-pyrrole nitrogens is 1. The number of nitrogens with zero attached hydrogens (tertiary/aromatic N) is 1. The summed E-state index contributed by atoms with van der Waals surface area (Å²) < 4.78 is 0. The summed E-state index contributed by atoms with van der Waals surface area (Å²) in [5, 5.41) is 4.00. The van der Waals surface area contributed by atoms with E-state index in [-0.39, 0.29) is 0 Å². The zero-order valence-electron chi connectivity index (χ0n) is 12.4. The Balaban J connectivity index is 2.26. The Morgan fingerprint density at radius 3 is 2.55 bits per heavy atom. The van der Waals surface area contributed by atoms with E-state index in [4.69, 9.17) is 5.73 Å². The van der Waals surface area contributed by atoms with E-state index in [1.54, 1.807) is 0 Å². The summed E-state index contributed by atoms with van der Waals surface area (Å²) >= 11 is 0. The topological polar surface area (TPSA) is 71.8 Å². The summed E-state index contributed by atoms with van der Waals surface area (Å²) in [6.07, 6.45) is 0. The van der Waals surface area contributed by atoms with E-state index in [0.29, 0.717) is 5.69 Å². The van der Waals surface area contributed by atoms with Crippen molar-refractivity contribution in [2.75, 3.05) is 0 Å². The summed E-state index contributed by atoms with van der Waals surface area (Å²) in [6.45, 7) is 3.98. The quantitative estimate of drug-likeness (QED) is 0.562. The average molecular weight is 289 g/mol. The molecule has 2 aromatic heterocycles. The number of benzene rings is 2. The number of para-hydroxylation sites is 1. The van der Waals surface area contributed by atoms with Crippen molar-refractivity contribution in [2.24, 2.45) is 5.73 Å². The number of hydrogen-bond donors (Lipinski definition) is 2. The summed E-state index contributed by atoms with van der Waals surface area (Å²) in [7, 11) is 0. The highest BCUT2D eigenvalue weighted by molar-refractivity contribution is 6.15. The molecule has 2 aromatic carbocycles. The molecule has 0 spiro atoms. The van der Waals surface area contributed by atoms with Crippen LogP contribution >= 0.6 is 0 Å². The Bertz CT molecular complexity index is 1080. The van der Waals surface area contributed by atoms with E-state index in [2.05, 4.69) is 9.97 Å². The highest BCUT2D eigenvalue weighted by Gasteiger charge is 2.14. The van der Waals surface area contributed by atoms with Crippen LogP contribution in [0, 0.1) is 13.8 Å². The van der Waals surface area contributed by atoms with Crippen LogP contribution < -0.4 is 5.73 Å². The van der Waals surface area contributed by atoms with Crippen molar-refractivity contribution < 1.29 is 4.79 Å². The molecule has 0 unspecified atom stereocenters. The number of primary amides is 1. The molecule has 4 nitrogen and oxygen atoms in total. The molecule has 0 bridgehead atoms. The van der Waals surface area contributed by atoms with Gasteiger partial charge in [0, 0.05) is 21.9 Å². The molecule has 0 saturated heterocycles. The lowest BCUT2D eigenvalue weighted by Crippen LogP contribution is -2.14. The van der Waals surface area contributed by atoms with E-state index in [9.17, 15) is 4.79 Å². The van der Waals surface area contributed by atoms with Crippen LogP contribution in [0.25, 0.3) is 32.6 Å². The first-order valence-electron chi connectivity index (χ1n) is 7.17. The number of aryl methyl sites for hydroxylation is 2.